The Labute approximate surface area is 813 Å². The van der Waals surface area contributed by atoms with Gasteiger partial charge < -0.3 is 56.9 Å². The summed E-state index contributed by atoms with van der Waals surface area (Å²) >= 11 is 3.44. The summed E-state index contributed by atoms with van der Waals surface area (Å²) in [4.78, 5) is 113. The molecule has 0 saturated heterocycles. The van der Waals surface area contributed by atoms with E-state index in [4.69, 9.17) is 52.4 Å². The van der Waals surface area contributed by atoms with Crippen LogP contribution in [0.5, 0.6) is 0 Å². The minimum Gasteiger partial charge on any atom is -0.477 e. The van der Waals surface area contributed by atoms with Crippen molar-refractivity contribution >= 4 is 100.0 Å². The summed E-state index contributed by atoms with van der Waals surface area (Å²) in [5.41, 5.74) is 10.3. The SMILES string of the molecule is Brc1ccnc(C2CCC2)c1.CC(=O)[C@H](C)NC(=O)c1cc(C(F)(F)F)nn1C.CC(NC(=O)c1cc(C(F)(F)F)nn1C)c1nc(-c2ccnc(C3CCC3)c2)no1.C[C@H](N)C(=O)OC(C)(C)C.C[C@H](NC(=O)c1cc(C(F)(F)F)nn1C)C(=O)OC(C)(C)C.Cl.Cl.Cn1nc(C(F)(F)F)cc1C(=O)O.N/C(=N\O)c1ccnc(C2CCC2)c1.NO.O=CC(F)(F)F.[C-]#[N+]c1ccnc(C2CCC2)c1. The molecule has 3 amide bonds. The first kappa shape index (κ1) is 123. The predicted molar refractivity (Wildman–Crippen MR) is 481 cm³/mol. The van der Waals surface area contributed by atoms with Gasteiger partial charge in [0.1, 0.15) is 52.1 Å². The van der Waals surface area contributed by atoms with Crippen molar-refractivity contribution in [1.82, 2.24) is 85.1 Å². The molecular formula is C86H108BrCl2F15N22O14. The molecule has 9 aromatic heterocycles. The zero-order chi connectivity index (χ0) is 105. The number of carboxylic acid groups (broad SMARTS) is 1. The van der Waals surface area contributed by atoms with Gasteiger partial charge >= 0.3 is 48.8 Å². The van der Waals surface area contributed by atoms with Gasteiger partial charge in [-0.1, -0.05) is 51.9 Å². The Morgan fingerprint density at radius 2 is 0.864 bits per heavy atom. The van der Waals surface area contributed by atoms with Gasteiger partial charge in [0.25, 0.3) is 17.7 Å². The van der Waals surface area contributed by atoms with E-state index in [2.05, 4.69) is 104 Å². The van der Waals surface area contributed by atoms with Crippen LogP contribution in [0.25, 0.3) is 16.2 Å². The number of rotatable bonds is 17. The molecule has 4 atom stereocenters. The number of aldehydes is 1. The van der Waals surface area contributed by atoms with Gasteiger partial charge in [-0.25, -0.2) is 20.3 Å². The zero-order valence-electron chi connectivity index (χ0n) is 78.0. The van der Waals surface area contributed by atoms with Crippen LogP contribution < -0.4 is 33.3 Å². The van der Waals surface area contributed by atoms with Gasteiger partial charge in [0.2, 0.25) is 18.0 Å². The Bertz CT molecular complexity index is 5610. The van der Waals surface area contributed by atoms with Crippen LogP contribution in [-0.2, 0) is 81.5 Å². The lowest BCUT2D eigenvalue weighted by atomic mass is 9.82. The highest BCUT2D eigenvalue weighted by atomic mass is 79.9. The third kappa shape index (κ3) is 41.1. The lowest BCUT2D eigenvalue weighted by molar-refractivity contribution is -0.157. The van der Waals surface area contributed by atoms with Crippen LogP contribution in [0.1, 0.15) is 282 Å². The Hall–Kier alpha value is -12.6. The average Bonchev–Trinajstić information content (AvgIpc) is 1.65. The monoisotopic (exact) mass is 2110 g/mol. The van der Waals surface area contributed by atoms with Gasteiger partial charge in [0.15, 0.2) is 40.1 Å². The first-order valence-corrected chi connectivity index (χ1v) is 42.5. The van der Waals surface area contributed by atoms with Crippen molar-refractivity contribution in [3.63, 3.8) is 0 Å². The number of amides is 3. The van der Waals surface area contributed by atoms with Gasteiger partial charge in [-0.15, -0.1) is 24.8 Å². The smallest absolute Gasteiger partial charge is 0.446 e. The fraction of sp³-hybridized carbons (Fsp3) is 0.488. The molecular weight excluding hydrogens is 2000 g/mol. The number of nitrogens with two attached hydrogens (primary N) is 3. The summed E-state index contributed by atoms with van der Waals surface area (Å²) in [6.07, 6.45) is -2.25. The zero-order valence-corrected chi connectivity index (χ0v) is 81.2. The molecule has 0 aromatic carbocycles. The highest BCUT2D eigenvalue weighted by Crippen LogP contribution is 2.40. The number of hydrogen-bond donors (Lipinski definition) is 9. The van der Waals surface area contributed by atoms with Gasteiger partial charge in [0.05, 0.1) is 12.6 Å². The van der Waals surface area contributed by atoms with E-state index in [9.17, 15) is 99.4 Å². The number of amidine groups is 1. The lowest BCUT2D eigenvalue weighted by Gasteiger charge is -2.24. The van der Waals surface area contributed by atoms with Crippen molar-refractivity contribution in [2.24, 2.45) is 50.7 Å². The summed E-state index contributed by atoms with van der Waals surface area (Å²) in [6, 6.07) is 14.6. The van der Waals surface area contributed by atoms with Crippen LogP contribution in [0.15, 0.2) is 112 Å². The lowest BCUT2D eigenvalue weighted by Crippen LogP contribution is -2.42. The molecule has 4 saturated carbocycles. The number of Topliss-reactive ketones (excluding diaryl/α,β-unsaturated/α-hetero) is 1. The molecule has 13 rings (SSSR count). The number of ketones is 1. The molecule has 140 heavy (non-hydrogen) atoms. The minimum atomic E-state index is -4.65. The van der Waals surface area contributed by atoms with Crippen LogP contribution in [0.2, 0.25) is 0 Å². The summed E-state index contributed by atoms with van der Waals surface area (Å²) in [6.45, 7) is 24.6. The van der Waals surface area contributed by atoms with E-state index in [1.807, 2.05) is 51.2 Å². The van der Waals surface area contributed by atoms with Crippen LogP contribution >= 0.6 is 40.7 Å². The van der Waals surface area contributed by atoms with Crippen LogP contribution in [0.3, 0.4) is 0 Å². The molecule has 12 N–H and O–H groups in total. The Morgan fingerprint density at radius 3 is 1.18 bits per heavy atom. The highest BCUT2D eigenvalue weighted by molar-refractivity contribution is 9.10. The average molecular weight is 2110 g/mol. The number of pyridine rings is 4. The summed E-state index contributed by atoms with van der Waals surface area (Å²) < 4.78 is 200. The van der Waals surface area contributed by atoms with Crippen LogP contribution in [0, 0.1) is 6.57 Å². The molecule has 4 fully saturated rings. The summed E-state index contributed by atoms with van der Waals surface area (Å²) in [5.74, 6) is 1.42. The number of nitrogens with zero attached hydrogens (tertiary/aromatic N) is 16. The van der Waals surface area contributed by atoms with E-state index in [0.29, 0.717) is 58.2 Å². The van der Waals surface area contributed by atoms with Crippen molar-refractivity contribution in [2.75, 3.05) is 0 Å². The second-order valence-electron chi connectivity index (χ2n) is 33.0. The number of ether oxygens (including phenoxy) is 2. The molecule has 0 radical (unpaired) electrons. The largest absolute Gasteiger partial charge is 0.477 e. The van der Waals surface area contributed by atoms with Crippen molar-refractivity contribution < 1.29 is 134 Å². The molecule has 54 heteroatoms. The van der Waals surface area contributed by atoms with E-state index in [-0.39, 0.29) is 65.4 Å². The number of carbonyl (C=O) groups excluding carboxylic acids is 7. The number of hydrogen-bond acceptors (Lipinski definition) is 26. The van der Waals surface area contributed by atoms with Crippen LogP contribution in [0.4, 0.5) is 71.5 Å². The van der Waals surface area contributed by atoms with Gasteiger partial charge in [-0.05, 0) is 182 Å². The minimum absolute atomic E-state index is 0. The number of esters is 2. The number of oxime groups is 1. The molecule has 0 aliphatic heterocycles. The van der Waals surface area contributed by atoms with E-state index < -0.39 is 131 Å². The maximum atomic E-state index is 12.8. The van der Waals surface area contributed by atoms with Crippen molar-refractivity contribution in [3.05, 3.63) is 193 Å². The fourth-order valence-corrected chi connectivity index (χ4v) is 11.9. The molecule has 9 aromatic rings. The maximum Gasteiger partial charge on any atom is 0.446 e. The van der Waals surface area contributed by atoms with Crippen molar-refractivity contribution in [2.45, 2.75) is 243 Å². The predicted octanol–water partition coefficient (Wildman–Crippen LogP) is 16.9. The van der Waals surface area contributed by atoms with Crippen molar-refractivity contribution in [3.8, 4) is 11.4 Å². The number of halogens is 18. The first-order chi connectivity index (χ1) is 63.9. The van der Waals surface area contributed by atoms with Gasteiger partial charge in [-0.3, -0.25) is 67.4 Å². The molecule has 4 aliphatic rings. The van der Waals surface area contributed by atoms with E-state index in [1.165, 1.54) is 112 Å². The number of alkyl halides is 15. The number of nitrogens with one attached hydrogen (secondary N) is 3. The number of carbonyl (C=O) groups is 8. The third-order valence-electron chi connectivity index (χ3n) is 19.7. The topological polar surface area (TPSA) is 508 Å². The number of carboxylic acids is 1. The van der Waals surface area contributed by atoms with E-state index >= 15 is 0 Å². The highest BCUT2D eigenvalue weighted by Gasteiger charge is 2.40. The summed E-state index contributed by atoms with van der Waals surface area (Å²) in [7, 11) is 4.84. The van der Waals surface area contributed by atoms with Crippen LogP contribution in [-0.4, -0.2) is 174 Å². The molecule has 1 unspecified atom stereocenters. The second kappa shape index (κ2) is 54.8. The summed E-state index contributed by atoms with van der Waals surface area (Å²) in [5, 5.41) is 50.3. The molecule has 0 spiro atoms. The third-order valence-corrected chi connectivity index (χ3v) is 20.2. The van der Waals surface area contributed by atoms with Gasteiger partial charge in [-0.2, -0.15) is 91.2 Å². The Kier molecular flexibility index (Phi) is 48.3. The molecule has 36 nitrogen and oxygen atoms in total. The molecule has 0 bridgehead atoms. The second-order valence-corrected chi connectivity index (χ2v) is 33.9. The first-order valence-electron chi connectivity index (χ1n) is 41.7. The standard InChI is InChI=1S/C19H19F3N6O2.C13H18F3N3O3.C10H12F3N3O2.C10H13N3O.C10H10N2.C9H10BrN.C7H15NO2.C6H5F3N2O2.C2HF3O.2ClH.H3NO/c1-10(24-17(29)14-9-15(19(20,21)22)26-28(14)2)18-25-16(27-30-18)12-6-7-23-13(8-12)11-4-3-5-11;1-7(11(21)22-12(2,3)4)17-10(20)8-6-9(13(14,15)16)18-19(8)5;1-5(6(2)17)14-9(18)7-4-8(10(11,12)13)15-16(7)3;11-10(13-14)8-4-5-12-9(6-8)7-2-1-3-7;1-11-9-5-6-12-10(7-9)8-3-2-4-8;10-8-4-5-11-9(6-8)7-2-1-3-7;1-5(8)6(9)10-7(2,3)4;1-11-3(5(12)13)2-4(10-11)6(7,8)9;3-2(4,5)1-6;;;1-2/h6-11H,3-5H2,1-2H3,(H,24,29);6-7H,1-5H3,(H,17,20);4-5H,1-3H3,(H,14,18);4-7,14H,1-3H2,(H2,11,13);5-8H,2-4H2;4-7H,1-3H2;5H,8H2,1-4H3;2H,1H3,(H,12,13);1H;2*1H;2H,1H2/t;7-;5-;;;;5-;;;;;/m.00...0...../s1. The quantitative estimate of drug-likeness (QED) is 0.00597. The van der Waals surface area contributed by atoms with E-state index in [1.54, 1.807) is 71.4 Å². The number of aromatic carboxylic acids is 1. The number of aryl methyl sites for hydroxylation is 4. The Balaban J connectivity index is 0.000000547. The van der Waals surface area contributed by atoms with Gasteiger partial charge in [0, 0.05) is 133 Å². The fourth-order valence-electron chi connectivity index (χ4n) is 11.5. The number of aromatic nitrogens is 14. The van der Waals surface area contributed by atoms with Crippen molar-refractivity contribution in [1.29, 1.82) is 0 Å². The maximum absolute atomic E-state index is 12.8. The molecule has 9 heterocycles. The normalized spacial score (nSPS) is 14.4. The molecule has 4 aliphatic carbocycles. The molecule has 772 valence electrons. The van der Waals surface area contributed by atoms with E-state index in [0.717, 1.165) is 72.5 Å². The Morgan fingerprint density at radius 1 is 0.529 bits per heavy atom.